The van der Waals surface area contributed by atoms with E-state index in [0.29, 0.717) is 24.1 Å². The first-order chi connectivity index (χ1) is 11.0. The number of aromatic amines is 1. The first-order valence-corrected chi connectivity index (χ1v) is 8.65. The summed E-state index contributed by atoms with van der Waals surface area (Å²) in [5, 5.41) is 2.98. The monoisotopic (exact) mass is 316 g/mol. The van der Waals surface area contributed by atoms with Crippen LogP contribution in [0.3, 0.4) is 0 Å². The van der Waals surface area contributed by atoms with Gasteiger partial charge in [-0.1, -0.05) is 32.6 Å². The van der Waals surface area contributed by atoms with Crippen LogP contribution in [0.15, 0.2) is 10.9 Å². The zero-order valence-corrected chi connectivity index (χ0v) is 13.6. The Hall–Kier alpha value is -1.91. The summed E-state index contributed by atoms with van der Waals surface area (Å²) in [4.78, 5) is 39.6. The highest BCUT2D eigenvalue weighted by molar-refractivity contribution is 6.01. The number of aromatic nitrogens is 1. The molecule has 124 valence electrons. The zero-order chi connectivity index (χ0) is 16.4. The van der Waals surface area contributed by atoms with E-state index in [1.165, 1.54) is 18.9 Å². The van der Waals surface area contributed by atoms with Crippen LogP contribution in [0.25, 0.3) is 0 Å². The van der Waals surface area contributed by atoms with Gasteiger partial charge in [0.2, 0.25) is 0 Å². The summed E-state index contributed by atoms with van der Waals surface area (Å²) in [5.74, 6) is -0.109. The van der Waals surface area contributed by atoms with E-state index in [9.17, 15) is 14.4 Å². The molecule has 1 unspecified atom stereocenters. The molecule has 0 radical (unpaired) electrons. The summed E-state index contributed by atoms with van der Waals surface area (Å²) < 4.78 is 0. The Morgan fingerprint density at radius 2 is 1.83 bits per heavy atom. The predicted octanol–water partition coefficient (Wildman–Crippen LogP) is 2.59. The van der Waals surface area contributed by atoms with Crippen LogP contribution >= 0.6 is 0 Å². The van der Waals surface area contributed by atoms with E-state index in [2.05, 4.69) is 10.3 Å². The van der Waals surface area contributed by atoms with Gasteiger partial charge in [0.25, 0.3) is 11.5 Å². The van der Waals surface area contributed by atoms with Crippen molar-refractivity contribution in [1.29, 1.82) is 0 Å². The van der Waals surface area contributed by atoms with Gasteiger partial charge >= 0.3 is 0 Å². The van der Waals surface area contributed by atoms with Crippen molar-refractivity contribution < 1.29 is 9.59 Å². The minimum atomic E-state index is -0.392. The van der Waals surface area contributed by atoms with Gasteiger partial charge in [-0.2, -0.15) is 0 Å². The Bertz CT molecular complexity index is 669. The van der Waals surface area contributed by atoms with Gasteiger partial charge in [0.15, 0.2) is 5.78 Å². The molecule has 2 N–H and O–H groups in total. The Balaban J connectivity index is 1.82. The van der Waals surface area contributed by atoms with E-state index in [-0.39, 0.29) is 29.2 Å². The Kier molecular flexibility index (Phi) is 4.64. The van der Waals surface area contributed by atoms with Gasteiger partial charge in [-0.05, 0) is 31.2 Å². The number of pyridine rings is 1. The molecule has 0 aromatic carbocycles. The number of rotatable bonds is 2. The molecule has 1 saturated carbocycles. The molecule has 2 aliphatic rings. The second kappa shape index (κ2) is 6.69. The summed E-state index contributed by atoms with van der Waals surface area (Å²) in [6.45, 7) is 1.99. The smallest absolute Gasteiger partial charge is 0.261 e. The second-order valence-corrected chi connectivity index (χ2v) is 7.00. The van der Waals surface area contributed by atoms with E-state index < -0.39 is 5.56 Å². The third kappa shape index (κ3) is 3.54. The van der Waals surface area contributed by atoms with Crippen LogP contribution in [0, 0.1) is 5.92 Å². The van der Waals surface area contributed by atoms with Gasteiger partial charge in [0.1, 0.15) is 5.56 Å². The van der Waals surface area contributed by atoms with E-state index in [0.717, 1.165) is 25.7 Å². The van der Waals surface area contributed by atoms with Crippen LogP contribution in [0.2, 0.25) is 0 Å². The number of hydrogen-bond donors (Lipinski definition) is 2. The molecule has 1 amide bonds. The Morgan fingerprint density at radius 3 is 2.52 bits per heavy atom. The van der Waals surface area contributed by atoms with Crippen molar-refractivity contribution in [2.75, 3.05) is 0 Å². The highest BCUT2D eigenvalue weighted by Gasteiger charge is 2.26. The number of amides is 1. The molecular weight excluding hydrogens is 292 g/mol. The lowest BCUT2D eigenvalue weighted by Crippen LogP contribution is -2.38. The van der Waals surface area contributed by atoms with Crippen LogP contribution in [0.1, 0.15) is 78.3 Å². The molecule has 3 rings (SSSR count). The largest absolute Gasteiger partial charge is 0.349 e. The average molecular weight is 316 g/mol. The van der Waals surface area contributed by atoms with Crippen LogP contribution in [-0.2, 0) is 6.42 Å². The standard InChI is InChI=1S/C18H24N2O3/c1-11-8-15-13(16(21)9-11)10-14(18(23)20-15)17(22)19-12-6-4-2-3-5-7-12/h10-12H,2-9H2,1H3,(H,19,22)(H,20,23). The SMILES string of the molecule is CC1CC(=O)c2cc(C(=O)NC3CCCCCC3)c(=O)[nH]c2C1. The summed E-state index contributed by atoms with van der Waals surface area (Å²) in [6, 6.07) is 1.63. The summed E-state index contributed by atoms with van der Waals surface area (Å²) >= 11 is 0. The fourth-order valence-electron chi connectivity index (χ4n) is 3.68. The van der Waals surface area contributed by atoms with Gasteiger partial charge in [0, 0.05) is 23.7 Å². The molecule has 1 heterocycles. The average Bonchev–Trinajstić information content (AvgIpc) is 2.74. The molecule has 2 aliphatic carbocycles. The van der Waals surface area contributed by atoms with Crippen LogP contribution in [0.5, 0.6) is 0 Å². The molecule has 23 heavy (non-hydrogen) atoms. The first-order valence-electron chi connectivity index (χ1n) is 8.65. The first kappa shape index (κ1) is 16.0. The van der Waals surface area contributed by atoms with Crippen molar-refractivity contribution in [1.82, 2.24) is 10.3 Å². The molecule has 5 heteroatoms. The van der Waals surface area contributed by atoms with Crippen molar-refractivity contribution in [3.05, 3.63) is 33.2 Å². The number of nitrogens with one attached hydrogen (secondary N) is 2. The fraction of sp³-hybridized carbons (Fsp3) is 0.611. The van der Waals surface area contributed by atoms with Crippen LogP contribution < -0.4 is 10.9 Å². The molecule has 1 atom stereocenters. The van der Waals surface area contributed by atoms with Crippen molar-refractivity contribution in [3.8, 4) is 0 Å². The zero-order valence-electron chi connectivity index (χ0n) is 13.6. The highest BCUT2D eigenvalue weighted by atomic mass is 16.2. The van der Waals surface area contributed by atoms with Crippen molar-refractivity contribution in [2.24, 2.45) is 5.92 Å². The van der Waals surface area contributed by atoms with Crippen molar-refractivity contribution in [2.45, 2.75) is 64.3 Å². The second-order valence-electron chi connectivity index (χ2n) is 7.00. The van der Waals surface area contributed by atoms with Crippen molar-refractivity contribution >= 4 is 11.7 Å². The fourth-order valence-corrected chi connectivity index (χ4v) is 3.68. The highest BCUT2D eigenvalue weighted by Crippen LogP contribution is 2.23. The topological polar surface area (TPSA) is 79.0 Å². The predicted molar refractivity (Wildman–Crippen MR) is 87.8 cm³/mol. The number of Topliss-reactive ketones (excluding diaryl/α,β-unsaturated/α-hetero) is 1. The van der Waals surface area contributed by atoms with E-state index in [4.69, 9.17) is 0 Å². The maximum atomic E-state index is 12.5. The summed E-state index contributed by atoms with van der Waals surface area (Å²) in [7, 11) is 0. The third-order valence-corrected chi connectivity index (χ3v) is 4.94. The Morgan fingerprint density at radius 1 is 1.13 bits per heavy atom. The minimum Gasteiger partial charge on any atom is -0.349 e. The normalized spacial score (nSPS) is 22.3. The van der Waals surface area contributed by atoms with Gasteiger partial charge in [0.05, 0.1) is 0 Å². The lowest BCUT2D eigenvalue weighted by atomic mass is 9.86. The van der Waals surface area contributed by atoms with Crippen LogP contribution in [-0.4, -0.2) is 22.7 Å². The van der Waals surface area contributed by atoms with E-state index >= 15 is 0 Å². The minimum absolute atomic E-state index is 0.0125. The number of carbonyl (C=O) groups is 2. The molecular formula is C18H24N2O3. The molecule has 1 aromatic rings. The maximum absolute atomic E-state index is 12.5. The molecule has 1 fully saturated rings. The molecule has 0 spiro atoms. The van der Waals surface area contributed by atoms with Crippen LogP contribution in [0.4, 0.5) is 0 Å². The van der Waals surface area contributed by atoms with Crippen molar-refractivity contribution in [3.63, 3.8) is 0 Å². The van der Waals surface area contributed by atoms with Gasteiger partial charge in [-0.3, -0.25) is 14.4 Å². The number of H-pyrrole nitrogens is 1. The molecule has 1 aromatic heterocycles. The number of hydrogen-bond acceptors (Lipinski definition) is 3. The van der Waals surface area contributed by atoms with E-state index in [1.54, 1.807) is 0 Å². The maximum Gasteiger partial charge on any atom is 0.261 e. The third-order valence-electron chi connectivity index (χ3n) is 4.94. The lowest BCUT2D eigenvalue weighted by molar-refractivity contribution is 0.0931. The quantitative estimate of drug-likeness (QED) is 0.823. The Labute approximate surface area is 135 Å². The van der Waals surface area contributed by atoms with E-state index in [1.807, 2.05) is 6.92 Å². The molecule has 0 bridgehead atoms. The lowest BCUT2D eigenvalue weighted by Gasteiger charge is -2.21. The van der Waals surface area contributed by atoms with Gasteiger partial charge in [-0.25, -0.2) is 0 Å². The van der Waals surface area contributed by atoms with Gasteiger partial charge < -0.3 is 10.3 Å². The number of carbonyl (C=O) groups excluding carboxylic acids is 2. The number of ketones is 1. The molecule has 0 aliphatic heterocycles. The molecule has 0 saturated heterocycles. The van der Waals surface area contributed by atoms with Gasteiger partial charge in [-0.15, -0.1) is 0 Å². The summed E-state index contributed by atoms with van der Waals surface area (Å²) in [5.41, 5.74) is 0.853. The molecule has 5 nitrogen and oxygen atoms in total. The number of fused-ring (bicyclic) bond motifs is 1. The summed E-state index contributed by atoms with van der Waals surface area (Å²) in [6.07, 6.45) is 7.72.